The first-order valence-electron chi connectivity index (χ1n) is 10.2. The van der Waals surface area contributed by atoms with Crippen molar-refractivity contribution in [3.05, 3.63) is 53.9 Å². The second-order valence-electron chi connectivity index (χ2n) is 7.90. The molecule has 7 nitrogen and oxygen atoms in total. The summed E-state index contributed by atoms with van der Waals surface area (Å²) in [6.45, 7) is 6.38. The van der Waals surface area contributed by atoms with E-state index in [0.717, 1.165) is 31.7 Å². The predicted molar refractivity (Wildman–Crippen MR) is 108 cm³/mol. The van der Waals surface area contributed by atoms with Gasteiger partial charge in [0.05, 0.1) is 12.6 Å². The third kappa shape index (κ3) is 5.31. The van der Waals surface area contributed by atoms with Gasteiger partial charge in [0, 0.05) is 44.1 Å². The number of hydrogen-bond acceptors (Lipinski definition) is 6. The van der Waals surface area contributed by atoms with Crippen molar-refractivity contribution in [2.24, 2.45) is 0 Å². The van der Waals surface area contributed by atoms with Gasteiger partial charge >= 0.3 is 6.18 Å². The number of aromatic nitrogens is 4. The van der Waals surface area contributed by atoms with E-state index >= 15 is 0 Å². The van der Waals surface area contributed by atoms with Gasteiger partial charge < -0.3 is 9.09 Å². The zero-order valence-electron chi connectivity index (χ0n) is 17.5. The molecule has 0 N–H and O–H groups in total. The zero-order chi connectivity index (χ0) is 22.0. The van der Waals surface area contributed by atoms with E-state index in [1.54, 1.807) is 0 Å². The first kappa shape index (κ1) is 21.5. The molecule has 1 atom stereocenters. The van der Waals surface area contributed by atoms with Crippen molar-refractivity contribution >= 4 is 0 Å². The van der Waals surface area contributed by atoms with Gasteiger partial charge in [-0.05, 0) is 13.8 Å². The van der Waals surface area contributed by atoms with Gasteiger partial charge in [-0.1, -0.05) is 35.0 Å². The van der Waals surface area contributed by atoms with E-state index in [4.69, 9.17) is 4.52 Å². The molecule has 4 rings (SSSR count). The molecular formula is C21H25F3N6O. The fourth-order valence-corrected chi connectivity index (χ4v) is 3.72. The number of rotatable bonds is 6. The molecule has 0 unspecified atom stereocenters. The summed E-state index contributed by atoms with van der Waals surface area (Å²) in [7, 11) is 0. The molecular weight excluding hydrogens is 409 g/mol. The summed E-state index contributed by atoms with van der Waals surface area (Å²) in [5.74, 6) is 1.56. The molecule has 10 heteroatoms. The lowest BCUT2D eigenvalue weighted by molar-refractivity contribution is -0.141. The van der Waals surface area contributed by atoms with Gasteiger partial charge in [-0.15, -0.1) is 0 Å². The second kappa shape index (κ2) is 8.80. The Morgan fingerprint density at radius 2 is 1.81 bits per heavy atom. The molecule has 1 aromatic carbocycles. The summed E-state index contributed by atoms with van der Waals surface area (Å²) in [5, 5.41) is 4.11. The van der Waals surface area contributed by atoms with Gasteiger partial charge in [-0.2, -0.15) is 18.2 Å². The van der Waals surface area contributed by atoms with Crippen LogP contribution in [0, 0.1) is 6.92 Å². The highest BCUT2D eigenvalue weighted by molar-refractivity contribution is 5.54. The van der Waals surface area contributed by atoms with Gasteiger partial charge in [0.15, 0.2) is 0 Å². The summed E-state index contributed by atoms with van der Waals surface area (Å²) in [4.78, 5) is 13.0. The summed E-state index contributed by atoms with van der Waals surface area (Å²) in [5.41, 5.74) is 2.08. The smallest absolute Gasteiger partial charge is 0.337 e. The monoisotopic (exact) mass is 434 g/mol. The number of imidazole rings is 1. The number of halogens is 3. The van der Waals surface area contributed by atoms with Crippen LogP contribution in [0.4, 0.5) is 13.2 Å². The Labute approximate surface area is 178 Å². The van der Waals surface area contributed by atoms with Crippen molar-refractivity contribution in [1.82, 2.24) is 29.5 Å². The summed E-state index contributed by atoms with van der Waals surface area (Å²) in [6.07, 6.45) is -1.46. The maximum absolute atomic E-state index is 12.7. The predicted octanol–water partition coefficient (Wildman–Crippen LogP) is 3.68. The van der Waals surface area contributed by atoms with Crippen LogP contribution in [0.15, 0.2) is 41.2 Å². The molecule has 2 aromatic heterocycles. The van der Waals surface area contributed by atoms with Crippen LogP contribution >= 0.6 is 0 Å². The van der Waals surface area contributed by atoms with Crippen LogP contribution in [0.2, 0.25) is 0 Å². The number of hydrogen-bond donors (Lipinski definition) is 0. The van der Waals surface area contributed by atoms with E-state index in [1.165, 1.54) is 22.5 Å². The molecule has 0 aliphatic carbocycles. The van der Waals surface area contributed by atoms with Crippen LogP contribution in [0.25, 0.3) is 11.4 Å². The Morgan fingerprint density at radius 1 is 1.10 bits per heavy atom. The highest BCUT2D eigenvalue weighted by Gasteiger charge is 2.30. The number of alkyl halides is 3. The van der Waals surface area contributed by atoms with Gasteiger partial charge in [0.1, 0.15) is 12.4 Å². The van der Waals surface area contributed by atoms with Crippen LogP contribution in [-0.4, -0.2) is 61.8 Å². The first-order valence-corrected chi connectivity index (χ1v) is 10.2. The molecule has 0 bridgehead atoms. The minimum absolute atomic E-state index is 0.0407. The number of aryl methyl sites for hydroxylation is 1. The van der Waals surface area contributed by atoms with Crippen molar-refractivity contribution in [3.63, 3.8) is 0 Å². The lowest BCUT2D eigenvalue weighted by atomic mass is 10.1. The fourth-order valence-electron chi connectivity index (χ4n) is 3.72. The first-order chi connectivity index (χ1) is 14.8. The zero-order valence-corrected chi connectivity index (χ0v) is 17.5. The van der Waals surface area contributed by atoms with Crippen LogP contribution in [0.1, 0.15) is 30.2 Å². The molecule has 3 aromatic rings. The quantitative estimate of drug-likeness (QED) is 0.590. The maximum Gasteiger partial charge on any atom is 0.406 e. The average molecular weight is 434 g/mol. The van der Waals surface area contributed by atoms with Gasteiger partial charge in [-0.25, -0.2) is 4.98 Å². The van der Waals surface area contributed by atoms with Crippen molar-refractivity contribution in [3.8, 4) is 11.4 Å². The molecule has 0 spiro atoms. The Bertz CT molecular complexity index is 989. The Morgan fingerprint density at radius 3 is 2.48 bits per heavy atom. The van der Waals surface area contributed by atoms with E-state index in [2.05, 4.69) is 24.9 Å². The van der Waals surface area contributed by atoms with Crippen LogP contribution in [-0.2, 0) is 13.1 Å². The molecule has 31 heavy (non-hydrogen) atoms. The molecule has 1 aliphatic rings. The standard InChI is InChI=1S/C21H25F3N6O/c1-15-3-5-17(6-4-15)19-26-20(31-27-19)16(2)29-11-9-28(10-12-29)13-18-25-7-8-30(18)14-21(22,23)24/h3-8,16H,9-14H2,1-2H3/t16-/m1/s1. The lowest BCUT2D eigenvalue weighted by Crippen LogP contribution is -2.47. The third-order valence-corrected chi connectivity index (χ3v) is 5.58. The SMILES string of the molecule is Cc1ccc(-c2noc([C@@H](C)N3CCN(Cc4nccn4CC(F)(F)F)CC3)n2)cc1. The van der Waals surface area contributed by atoms with E-state index in [0.29, 0.717) is 24.1 Å². The Balaban J connectivity index is 1.33. The van der Waals surface area contributed by atoms with E-state index in [1.807, 2.05) is 38.1 Å². The highest BCUT2D eigenvalue weighted by Crippen LogP contribution is 2.24. The highest BCUT2D eigenvalue weighted by atomic mass is 19.4. The summed E-state index contributed by atoms with van der Waals surface area (Å²) in [6, 6.07) is 7.91. The largest absolute Gasteiger partial charge is 0.406 e. The number of nitrogens with zero attached hydrogens (tertiary/aromatic N) is 6. The average Bonchev–Trinajstić information content (AvgIpc) is 3.38. The molecule has 1 fully saturated rings. The third-order valence-electron chi connectivity index (χ3n) is 5.58. The number of piperazine rings is 1. The van der Waals surface area contributed by atoms with Crippen molar-refractivity contribution in [2.75, 3.05) is 26.2 Å². The van der Waals surface area contributed by atoms with Gasteiger partial charge in [0.25, 0.3) is 0 Å². The fraction of sp³-hybridized carbons (Fsp3) is 0.476. The van der Waals surface area contributed by atoms with Crippen LogP contribution < -0.4 is 0 Å². The molecule has 0 radical (unpaired) electrons. The van der Waals surface area contributed by atoms with Crippen molar-refractivity contribution in [1.29, 1.82) is 0 Å². The van der Waals surface area contributed by atoms with E-state index < -0.39 is 12.7 Å². The van der Waals surface area contributed by atoms with E-state index in [9.17, 15) is 13.2 Å². The Kier molecular flexibility index (Phi) is 6.10. The molecule has 0 amide bonds. The van der Waals surface area contributed by atoms with Crippen molar-refractivity contribution in [2.45, 2.75) is 39.2 Å². The molecule has 1 saturated heterocycles. The van der Waals surface area contributed by atoms with Crippen LogP contribution in [0.3, 0.4) is 0 Å². The Hall–Kier alpha value is -2.72. The van der Waals surface area contributed by atoms with Crippen LogP contribution in [0.5, 0.6) is 0 Å². The van der Waals surface area contributed by atoms with Gasteiger partial charge in [-0.3, -0.25) is 9.80 Å². The molecule has 1 aliphatic heterocycles. The lowest BCUT2D eigenvalue weighted by Gasteiger charge is -2.36. The van der Waals surface area contributed by atoms with E-state index in [-0.39, 0.29) is 6.04 Å². The maximum atomic E-state index is 12.7. The summed E-state index contributed by atoms with van der Waals surface area (Å²) >= 11 is 0. The molecule has 166 valence electrons. The normalized spacial score (nSPS) is 17.2. The second-order valence-corrected chi connectivity index (χ2v) is 7.90. The van der Waals surface area contributed by atoms with Crippen molar-refractivity contribution < 1.29 is 17.7 Å². The van der Waals surface area contributed by atoms with Gasteiger partial charge in [0.2, 0.25) is 11.7 Å². The minimum atomic E-state index is -4.26. The molecule has 3 heterocycles. The topological polar surface area (TPSA) is 63.2 Å². The summed E-state index contributed by atoms with van der Waals surface area (Å²) < 4.78 is 44.8. The number of benzene rings is 1. The minimum Gasteiger partial charge on any atom is -0.337 e. The molecule has 0 saturated carbocycles.